The highest BCUT2D eigenvalue weighted by Gasteiger charge is 2.42. The van der Waals surface area contributed by atoms with Gasteiger partial charge in [0, 0.05) is 6.54 Å². The first-order valence-electron chi connectivity index (χ1n) is 10.5. The third-order valence-corrected chi connectivity index (χ3v) is 9.80. The largest absolute Gasteiger partial charge is 0.340 e. The molecule has 1 aliphatic rings. The zero-order valence-electron chi connectivity index (χ0n) is 17.9. The van der Waals surface area contributed by atoms with Crippen molar-refractivity contribution in [2.75, 3.05) is 20.1 Å². The summed E-state index contributed by atoms with van der Waals surface area (Å²) in [4.78, 5) is 38.7. The van der Waals surface area contributed by atoms with Gasteiger partial charge in [-0.05, 0) is 68.8 Å². The van der Waals surface area contributed by atoms with E-state index in [1.165, 1.54) is 43.2 Å². The Morgan fingerprint density at radius 1 is 1.07 bits per heavy atom. The maximum Gasteiger partial charge on any atom is 0.340 e. The van der Waals surface area contributed by atoms with Crippen LogP contribution in [0.25, 0.3) is 5.57 Å². The van der Waals surface area contributed by atoms with E-state index in [9.17, 15) is 28.7 Å². The van der Waals surface area contributed by atoms with Crippen LogP contribution in [-0.4, -0.2) is 50.0 Å². The van der Waals surface area contributed by atoms with E-state index in [2.05, 4.69) is 37.3 Å². The average Bonchev–Trinajstić information content (AvgIpc) is 2.68. The smallest absolute Gasteiger partial charge is 0.324 e. The van der Waals surface area contributed by atoms with Crippen LogP contribution in [0, 0.1) is 0 Å². The molecule has 4 N–H and O–H groups in total. The van der Waals surface area contributed by atoms with Gasteiger partial charge in [-0.1, -0.05) is 49.6 Å². The van der Waals surface area contributed by atoms with E-state index in [1.807, 2.05) is 11.9 Å². The molecule has 0 bridgehead atoms. The Bertz CT molecular complexity index is 770. The van der Waals surface area contributed by atoms with Crippen molar-refractivity contribution in [2.24, 2.45) is 0 Å². The number of nitrogens with zero attached hydrogens (tertiary/aromatic N) is 1. The molecule has 9 heteroatoms. The van der Waals surface area contributed by atoms with Crippen molar-refractivity contribution in [1.29, 1.82) is 0 Å². The summed E-state index contributed by atoms with van der Waals surface area (Å²) < 4.78 is 22.7. The van der Waals surface area contributed by atoms with Crippen LogP contribution in [-0.2, 0) is 9.13 Å². The van der Waals surface area contributed by atoms with Crippen LogP contribution in [0.3, 0.4) is 0 Å². The molecule has 0 unspecified atom stereocenters. The van der Waals surface area contributed by atoms with Crippen molar-refractivity contribution in [3.8, 4) is 0 Å². The molecular formula is C21H35NO6P2. The first-order chi connectivity index (χ1) is 14.0. The summed E-state index contributed by atoms with van der Waals surface area (Å²) in [7, 11) is -7.80. The minimum atomic E-state index is -4.84. The molecular weight excluding hydrogens is 424 g/mol. The maximum absolute atomic E-state index is 11.3. The molecule has 2 rings (SSSR count). The molecule has 0 aromatic heterocycles. The maximum atomic E-state index is 11.3. The molecule has 1 fully saturated rings. The van der Waals surface area contributed by atoms with E-state index in [-0.39, 0.29) is 6.42 Å². The number of allylic oxidation sites excluding steroid dienone is 1. The second-order valence-electron chi connectivity index (χ2n) is 8.41. The fourth-order valence-electron chi connectivity index (χ4n) is 4.03. The molecule has 0 spiro atoms. The Balaban J connectivity index is 1.84. The van der Waals surface area contributed by atoms with Gasteiger partial charge in [0.1, 0.15) is 0 Å². The summed E-state index contributed by atoms with van der Waals surface area (Å²) >= 11 is 0. The molecule has 1 aromatic carbocycles. The van der Waals surface area contributed by atoms with E-state index in [4.69, 9.17) is 0 Å². The molecule has 30 heavy (non-hydrogen) atoms. The zero-order valence-corrected chi connectivity index (χ0v) is 19.6. The summed E-state index contributed by atoms with van der Waals surface area (Å²) in [6.45, 7) is 3.19. The fraction of sp³-hybridized carbons (Fsp3) is 0.619. The van der Waals surface area contributed by atoms with Crippen LogP contribution < -0.4 is 0 Å². The van der Waals surface area contributed by atoms with Crippen molar-refractivity contribution in [3.05, 3.63) is 41.5 Å². The van der Waals surface area contributed by atoms with Gasteiger partial charge in [0.05, 0.1) is 0 Å². The van der Waals surface area contributed by atoms with Crippen molar-refractivity contribution in [1.82, 2.24) is 4.90 Å². The molecule has 1 aliphatic carbocycles. The van der Waals surface area contributed by atoms with Crippen LogP contribution in [0.2, 0.25) is 0 Å². The van der Waals surface area contributed by atoms with Gasteiger partial charge in [-0.3, -0.25) is 9.13 Å². The zero-order chi connectivity index (χ0) is 22.4. The monoisotopic (exact) mass is 459 g/mol. The summed E-state index contributed by atoms with van der Waals surface area (Å²) in [6.07, 6.45) is 8.72. The SMILES string of the molecule is C/C(=C\CN(C)CCCC(P(=O)(O)O)P(=O)(O)O)c1ccc(C2CCCCC2)cc1. The first kappa shape index (κ1) is 25.5. The Morgan fingerprint density at radius 2 is 1.63 bits per heavy atom. The normalized spacial score (nSPS) is 17.1. The average molecular weight is 459 g/mol. The number of rotatable bonds is 10. The van der Waals surface area contributed by atoms with Crippen LogP contribution >= 0.6 is 15.2 Å². The predicted octanol–water partition coefficient (Wildman–Crippen LogP) is 4.53. The minimum Gasteiger partial charge on any atom is -0.324 e. The lowest BCUT2D eigenvalue weighted by Crippen LogP contribution is -2.21. The topological polar surface area (TPSA) is 118 Å². The second-order valence-corrected chi connectivity index (χ2v) is 12.4. The summed E-state index contributed by atoms with van der Waals surface area (Å²) in [6, 6.07) is 8.80. The third-order valence-electron chi connectivity index (χ3n) is 5.93. The Labute approximate surface area is 179 Å². The Hall–Kier alpha value is -0.780. The van der Waals surface area contributed by atoms with Crippen LogP contribution in [0.15, 0.2) is 30.3 Å². The molecule has 7 nitrogen and oxygen atoms in total. The highest BCUT2D eigenvalue weighted by atomic mass is 31.2. The first-order valence-corrected chi connectivity index (χ1v) is 13.9. The second kappa shape index (κ2) is 11.2. The van der Waals surface area contributed by atoms with E-state index in [0.29, 0.717) is 25.4 Å². The van der Waals surface area contributed by atoms with E-state index >= 15 is 0 Å². The third kappa shape index (κ3) is 8.05. The predicted molar refractivity (Wildman–Crippen MR) is 121 cm³/mol. The lowest BCUT2D eigenvalue weighted by molar-refractivity contribution is 0.323. The highest BCUT2D eigenvalue weighted by Crippen LogP contribution is 2.61. The Kier molecular flexibility index (Phi) is 9.51. The van der Waals surface area contributed by atoms with E-state index in [1.54, 1.807) is 0 Å². The molecule has 0 aliphatic heterocycles. The number of hydrogen-bond acceptors (Lipinski definition) is 3. The molecule has 0 atom stereocenters. The molecule has 0 saturated heterocycles. The van der Waals surface area contributed by atoms with E-state index in [0.717, 1.165) is 5.57 Å². The summed E-state index contributed by atoms with van der Waals surface area (Å²) in [5.41, 5.74) is 3.75. The van der Waals surface area contributed by atoms with Gasteiger partial charge in [0.2, 0.25) is 0 Å². The van der Waals surface area contributed by atoms with Gasteiger partial charge in [0.15, 0.2) is 5.40 Å². The van der Waals surface area contributed by atoms with Gasteiger partial charge < -0.3 is 24.5 Å². The molecule has 0 heterocycles. The highest BCUT2D eigenvalue weighted by molar-refractivity contribution is 7.70. The molecule has 0 amide bonds. The number of likely N-dealkylation sites (N-methyl/N-ethyl adjacent to an activating group) is 1. The standard InChI is InChI=1S/C21H35NO6P2/c1-17(18-10-12-20(13-11-18)19-7-4-3-5-8-19)14-16-22(2)15-6-9-21(29(23,24)25)30(26,27)28/h10-14,19,21H,3-9,15-16H2,1-2H3,(H2,23,24,25)(H2,26,27,28)/b17-14+. The van der Waals surface area contributed by atoms with Crippen molar-refractivity contribution >= 4 is 20.8 Å². The van der Waals surface area contributed by atoms with Gasteiger partial charge in [-0.15, -0.1) is 0 Å². The number of hydrogen-bond donors (Lipinski definition) is 4. The van der Waals surface area contributed by atoms with Gasteiger partial charge in [-0.25, -0.2) is 0 Å². The van der Waals surface area contributed by atoms with Gasteiger partial charge in [0.25, 0.3) is 0 Å². The molecule has 1 aromatic rings. The molecule has 0 radical (unpaired) electrons. The molecule has 1 saturated carbocycles. The van der Waals surface area contributed by atoms with Gasteiger partial charge in [-0.2, -0.15) is 0 Å². The van der Waals surface area contributed by atoms with Crippen molar-refractivity contribution in [2.45, 2.75) is 63.2 Å². The van der Waals surface area contributed by atoms with Crippen molar-refractivity contribution < 1.29 is 28.7 Å². The fourth-order valence-corrected chi connectivity index (χ4v) is 6.64. The lowest BCUT2D eigenvalue weighted by atomic mass is 9.84. The molecule has 170 valence electrons. The van der Waals surface area contributed by atoms with Crippen LogP contribution in [0.5, 0.6) is 0 Å². The quantitative estimate of drug-likeness (QED) is 0.380. The van der Waals surface area contributed by atoms with Crippen LogP contribution in [0.4, 0.5) is 0 Å². The summed E-state index contributed by atoms with van der Waals surface area (Å²) in [5.74, 6) is 0.688. The van der Waals surface area contributed by atoms with Crippen LogP contribution in [0.1, 0.15) is 68.9 Å². The minimum absolute atomic E-state index is 0.218. The summed E-state index contributed by atoms with van der Waals surface area (Å²) in [5, 5.41) is -1.92. The van der Waals surface area contributed by atoms with Crippen molar-refractivity contribution in [3.63, 3.8) is 0 Å². The lowest BCUT2D eigenvalue weighted by Gasteiger charge is -2.22. The number of benzene rings is 1. The van der Waals surface area contributed by atoms with E-state index < -0.39 is 20.6 Å². The van der Waals surface area contributed by atoms with Gasteiger partial charge >= 0.3 is 15.2 Å². The Morgan fingerprint density at radius 3 is 2.17 bits per heavy atom.